The Bertz CT molecular complexity index is 209. The van der Waals surface area contributed by atoms with Crippen LogP contribution in [0.25, 0.3) is 0 Å². The third-order valence-electron chi connectivity index (χ3n) is 4.48. The number of hydrogen-bond acceptors (Lipinski definition) is 2. The highest BCUT2D eigenvalue weighted by atomic mass is 15.0. The largest absolute Gasteiger partial charge is 0.328 e. The smallest absolute Gasteiger partial charge is 0.0124 e. The fourth-order valence-corrected chi connectivity index (χ4v) is 3.23. The first-order chi connectivity index (χ1) is 7.33. The molecular formula is C13H24N2. The summed E-state index contributed by atoms with van der Waals surface area (Å²) < 4.78 is 0. The molecule has 0 aliphatic heterocycles. The lowest BCUT2D eigenvalue weighted by Gasteiger charge is -2.20. The second kappa shape index (κ2) is 4.06. The molecule has 0 spiro atoms. The van der Waals surface area contributed by atoms with Crippen molar-refractivity contribution < 1.29 is 0 Å². The first-order valence-corrected chi connectivity index (χ1v) is 6.82. The van der Waals surface area contributed by atoms with Gasteiger partial charge in [-0.25, -0.2) is 0 Å². The maximum atomic E-state index is 5.95. The minimum Gasteiger partial charge on any atom is -0.328 e. The van der Waals surface area contributed by atoms with Gasteiger partial charge >= 0.3 is 0 Å². The van der Waals surface area contributed by atoms with Crippen molar-refractivity contribution >= 4 is 0 Å². The van der Waals surface area contributed by atoms with Crippen molar-refractivity contribution in [1.29, 1.82) is 0 Å². The molecule has 3 N–H and O–H groups in total. The topological polar surface area (TPSA) is 38.0 Å². The zero-order valence-electron chi connectivity index (χ0n) is 9.62. The Hall–Kier alpha value is -0.0800. The second-order valence-electron chi connectivity index (χ2n) is 6.05. The van der Waals surface area contributed by atoms with E-state index in [0.717, 1.165) is 23.8 Å². The van der Waals surface area contributed by atoms with Crippen molar-refractivity contribution in [1.82, 2.24) is 5.32 Å². The van der Waals surface area contributed by atoms with Gasteiger partial charge in [0.1, 0.15) is 0 Å². The summed E-state index contributed by atoms with van der Waals surface area (Å²) in [6, 6.07) is 1.37. The molecule has 3 saturated carbocycles. The number of rotatable bonds is 5. The Morgan fingerprint density at radius 2 is 1.67 bits per heavy atom. The molecule has 0 aromatic heterocycles. The number of nitrogens with two attached hydrogens (primary N) is 1. The van der Waals surface area contributed by atoms with E-state index in [1.165, 1.54) is 51.5 Å². The Kier molecular flexibility index (Phi) is 2.73. The van der Waals surface area contributed by atoms with Crippen LogP contribution in [0.5, 0.6) is 0 Å². The van der Waals surface area contributed by atoms with E-state index in [0.29, 0.717) is 6.04 Å². The van der Waals surface area contributed by atoms with Crippen LogP contribution in [-0.2, 0) is 0 Å². The summed E-state index contributed by atoms with van der Waals surface area (Å²) in [6.45, 7) is 1.24. The summed E-state index contributed by atoms with van der Waals surface area (Å²) >= 11 is 0. The minimum absolute atomic E-state index is 0.497. The van der Waals surface area contributed by atoms with Gasteiger partial charge in [0.25, 0.3) is 0 Å². The Morgan fingerprint density at radius 1 is 1.00 bits per heavy atom. The summed E-state index contributed by atoms with van der Waals surface area (Å²) in [5.41, 5.74) is 5.95. The molecule has 0 radical (unpaired) electrons. The van der Waals surface area contributed by atoms with Crippen molar-refractivity contribution in [2.45, 2.75) is 57.0 Å². The van der Waals surface area contributed by atoms with E-state index in [-0.39, 0.29) is 0 Å². The molecule has 3 fully saturated rings. The predicted molar refractivity (Wildman–Crippen MR) is 62.6 cm³/mol. The van der Waals surface area contributed by atoms with Gasteiger partial charge in [-0.3, -0.25) is 0 Å². The van der Waals surface area contributed by atoms with E-state index in [9.17, 15) is 0 Å². The molecule has 0 heterocycles. The highest BCUT2D eigenvalue weighted by molar-refractivity contribution is 4.96. The van der Waals surface area contributed by atoms with Gasteiger partial charge in [-0.2, -0.15) is 0 Å². The van der Waals surface area contributed by atoms with Gasteiger partial charge in [0, 0.05) is 12.1 Å². The Morgan fingerprint density at radius 3 is 2.13 bits per heavy atom. The summed E-state index contributed by atoms with van der Waals surface area (Å²) in [7, 11) is 0. The zero-order valence-corrected chi connectivity index (χ0v) is 9.62. The maximum absolute atomic E-state index is 5.95. The van der Waals surface area contributed by atoms with Gasteiger partial charge in [0.2, 0.25) is 0 Å². The molecule has 0 aromatic rings. The molecular weight excluding hydrogens is 184 g/mol. The zero-order chi connectivity index (χ0) is 10.3. The second-order valence-corrected chi connectivity index (χ2v) is 6.05. The molecule has 2 nitrogen and oxygen atoms in total. The predicted octanol–water partition coefficient (Wildman–Crippen LogP) is 1.89. The Balaban J connectivity index is 1.43. The summed E-state index contributed by atoms with van der Waals surface area (Å²) in [6.07, 6.45) is 9.81. The molecule has 0 bridgehead atoms. The van der Waals surface area contributed by atoms with Crippen LogP contribution in [0.3, 0.4) is 0 Å². The summed E-state index contributed by atoms with van der Waals surface area (Å²) in [5, 5.41) is 3.85. The molecule has 2 atom stereocenters. The third-order valence-corrected chi connectivity index (χ3v) is 4.48. The molecule has 3 aliphatic rings. The quantitative estimate of drug-likeness (QED) is 0.724. The van der Waals surface area contributed by atoms with Gasteiger partial charge in [-0.1, -0.05) is 0 Å². The molecule has 0 amide bonds. The van der Waals surface area contributed by atoms with Crippen molar-refractivity contribution in [2.75, 3.05) is 6.54 Å². The highest BCUT2D eigenvalue weighted by Gasteiger charge is 2.41. The minimum atomic E-state index is 0.497. The molecule has 2 heteroatoms. The number of hydrogen-bond donors (Lipinski definition) is 2. The van der Waals surface area contributed by atoms with Gasteiger partial charge in [0.15, 0.2) is 0 Å². The van der Waals surface area contributed by atoms with E-state index >= 15 is 0 Å². The van der Waals surface area contributed by atoms with E-state index in [4.69, 9.17) is 5.73 Å². The van der Waals surface area contributed by atoms with Crippen LogP contribution in [0.15, 0.2) is 0 Å². The molecule has 15 heavy (non-hydrogen) atoms. The van der Waals surface area contributed by atoms with Gasteiger partial charge < -0.3 is 11.1 Å². The molecule has 3 rings (SSSR count). The molecule has 2 unspecified atom stereocenters. The number of nitrogens with one attached hydrogen (secondary N) is 1. The van der Waals surface area contributed by atoms with E-state index in [1.807, 2.05) is 0 Å². The van der Waals surface area contributed by atoms with Crippen molar-refractivity contribution in [3.63, 3.8) is 0 Å². The van der Waals surface area contributed by atoms with Gasteiger partial charge in [-0.05, 0) is 69.2 Å². The fourth-order valence-electron chi connectivity index (χ4n) is 3.23. The van der Waals surface area contributed by atoms with Crippen LogP contribution in [-0.4, -0.2) is 18.6 Å². The lowest BCUT2D eigenvalue weighted by atomic mass is 10.0. The van der Waals surface area contributed by atoms with Crippen LogP contribution < -0.4 is 11.1 Å². The first-order valence-electron chi connectivity index (χ1n) is 6.82. The maximum Gasteiger partial charge on any atom is 0.0124 e. The van der Waals surface area contributed by atoms with Crippen LogP contribution >= 0.6 is 0 Å². The monoisotopic (exact) mass is 208 g/mol. The van der Waals surface area contributed by atoms with Gasteiger partial charge in [-0.15, -0.1) is 0 Å². The Labute approximate surface area is 93.0 Å². The lowest BCUT2D eigenvalue weighted by Crippen LogP contribution is -2.36. The van der Waals surface area contributed by atoms with Gasteiger partial charge in [0.05, 0.1) is 0 Å². The summed E-state index contributed by atoms with van der Waals surface area (Å²) in [5.74, 6) is 2.94. The van der Waals surface area contributed by atoms with Crippen molar-refractivity contribution in [3.05, 3.63) is 0 Å². The lowest BCUT2D eigenvalue weighted by molar-refractivity contribution is 0.372. The first kappa shape index (κ1) is 10.1. The van der Waals surface area contributed by atoms with Crippen LogP contribution in [0.4, 0.5) is 0 Å². The average molecular weight is 208 g/mol. The van der Waals surface area contributed by atoms with Crippen molar-refractivity contribution in [2.24, 2.45) is 23.5 Å². The van der Waals surface area contributed by atoms with Crippen molar-refractivity contribution in [3.8, 4) is 0 Å². The average Bonchev–Trinajstić information content (AvgIpc) is 3.09. The molecule has 86 valence electrons. The van der Waals surface area contributed by atoms with Crippen LogP contribution in [0.1, 0.15) is 44.9 Å². The standard InChI is InChI=1S/C13H24N2/c14-12-6-1-9(7-12)8-15-13(10-2-3-10)11-4-5-11/h9-13,15H,1-8,14H2. The summed E-state index contributed by atoms with van der Waals surface area (Å²) in [4.78, 5) is 0. The normalized spacial score (nSPS) is 36.4. The fraction of sp³-hybridized carbons (Fsp3) is 1.00. The molecule has 0 aromatic carbocycles. The van der Waals surface area contributed by atoms with Crippen LogP contribution in [0, 0.1) is 17.8 Å². The SMILES string of the molecule is NC1CCC(CNC(C2CC2)C2CC2)C1. The third kappa shape index (κ3) is 2.54. The van der Waals surface area contributed by atoms with E-state index in [2.05, 4.69) is 5.32 Å². The van der Waals surface area contributed by atoms with E-state index < -0.39 is 0 Å². The van der Waals surface area contributed by atoms with E-state index in [1.54, 1.807) is 0 Å². The molecule has 3 aliphatic carbocycles. The highest BCUT2D eigenvalue weighted by Crippen LogP contribution is 2.44. The van der Waals surface area contributed by atoms with Crippen LogP contribution in [0.2, 0.25) is 0 Å². The molecule has 0 saturated heterocycles.